The Morgan fingerprint density at radius 3 is 2.73 bits per heavy atom. The van der Waals surface area contributed by atoms with Crippen molar-refractivity contribution in [3.05, 3.63) is 44.9 Å². The first kappa shape index (κ1) is 16.5. The standard InChI is InChI=1S/C17H22N2O2S/c1-10(2)21-17(20)8-14-9-22-16(19-14)7-13-5-12(4)15(18)6-11(13)3/h5-6,9-10H,7-8,18H2,1-4H3. The van der Waals surface area contributed by atoms with Gasteiger partial charge in [0, 0.05) is 17.5 Å². The first-order valence-electron chi connectivity index (χ1n) is 7.33. The van der Waals surface area contributed by atoms with Gasteiger partial charge in [0.2, 0.25) is 0 Å². The summed E-state index contributed by atoms with van der Waals surface area (Å²) in [7, 11) is 0. The number of nitrogens with two attached hydrogens (primary N) is 1. The highest BCUT2D eigenvalue weighted by Crippen LogP contribution is 2.22. The third-order valence-corrected chi connectivity index (χ3v) is 4.26. The quantitative estimate of drug-likeness (QED) is 0.677. The number of hydrogen-bond donors (Lipinski definition) is 1. The van der Waals surface area contributed by atoms with Crippen LogP contribution in [-0.4, -0.2) is 17.1 Å². The first-order chi connectivity index (χ1) is 10.3. The largest absolute Gasteiger partial charge is 0.463 e. The number of anilines is 1. The maximum absolute atomic E-state index is 11.7. The van der Waals surface area contributed by atoms with Crippen LogP contribution in [0.4, 0.5) is 5.69 Å². The van der Waals surface area contributed by atoms with Crippen molar-refractivity contribution in [2.24, 2.45) is 0 Å². The lowest BCUT2D eigenvalue weighted by Gasteiger charge is -2.08. The van der Waals surface area contributed by atoms with E-state index in [2.05, 4.69) is 18.0 Å². The number of carbonyl (C=O) groups is 1. The van der Waals surface area contributed by atoms with E-state index in [1.807, 2.05) is 32.2 Å². The van der Waals surface area contributed by atoms with Crippen LogP contribution in [0.15, 0.2) is 17.5 Å². The highest BCUT2D eigenvalue weighted by atomic mass is 32.1. The van der Waals surface area contributed by atoms with Crippen molar-refractivity contribution in [2.75, 3.05) is 5.73 Å². The van der Waals surface area contributed by atoms with Gasteiger partial charge in [0.1, 0.15) is 0 Å². The molecule has 0 saturated heterocycles. The Balaban J connectivity index is 2.06. The van der Waals surface area contributed by atoms with Crippen molar-refractivity contribution in [1.29, 1.82) is 0 Å². The molecule has 2 aromatic rings. The van der Waals surface area contributed by atoms with Gasteiger partial charge in [0.25, 0.3) is 0 Å². The van der Waals surface area contributed by atoms with E-state index in [0.717, 1.165) is 28.4 Å². The second kappa shape index (κ2) is 6.92. The normalized spacial score (nSPS) is 11.0. The van der Waals surface area contributed by atoms with Gasteiger partial charge in [-0.05, 0) is 50.5 Å². The van der Waals surface area contributed by atoms with Crippen LogP contribution in [0.1, 0.15) is 41.2 Å². The average molecular weight is 318 g/mol. The molecule has 0 unspecified atom stereocenters. The summed E-state index contributed by atoms with van der Waals surface area (Å²) in [6.45, 7) is 7.75. The predicted molar refractivity (Wildman–Crippen MR) is 90.2 cm³/mol. The fourth-order valence-electron chi connectivity index (χ4n) is 2.22. The molecule has 118 valence electrons. The Hall–Kier alpha value is -1.88. The van der Waals surface area contributed by atoms with Crippen molar-refractivity contribution >= 4 is 23.0 Å². The summed E-state index contributed by atoms with van der Waals surface area (Å²) < 4.78 is 5.14. The minimum atomic E-state index is -0.230. The molecule has 0 spiro atoms. The summed E-state index contributed by atoms with van der Waals surface area (Å²) in [4.78, 5) is 16.2. The SMILES string of the molecule is Cc1cc(Cc2nc(CC(=O)OC(C)C)cs2)c(C)cc1N. The highest BCUT2D eigenvalue weighted by Gasteiger charge is 2.11. The molecule has 1 heterocycles. The Kier molecular flexibility index (Phi) is 5.19. The summed E-state index contributed by atoms with van der Waals surface area (Å²) >= 11 is 1.57. The van der Waals surface area contributed by atoms with Crippen LogP contribution in [-0.2, 0) is 22.4 Å². The molecule has 0 bridgehead atoms. The maximum atomic E-state index is 11.7. The first-order valence-corrected chi connectivity index (χ1v) is 8.21. The van der Waals surface area contributed by atoms with Crippen LogP contribution in [0.3, 0.4) is 0 Å². The molecule has 0 fully saturated rings. The van der Waals surface area contributed by atoms with E-state index in [1.54, 1.807) is 11.3 Å². The van der Waals surface area contributed by atoms with Gasteiger partial charge in [-0.15, -0.1) is 11.3 Å². The van der Waals surface area contributed by atoms with Crippen molar-refractivity contribution in [2.45, 2.75) is 46.6 Å². The number of thiazole rings is 1. The van der Waals surface area contributed by atoms with Crippen molar-refractivity contribution in [1.82, 2.24) is 4.98 Å². The number of rotatable bonds is 5. The van der Waals surface area contributed by atoms with Gasteiger partial charge < -0.3 is 10.5 Å². The van der Waals surface area contributed by atoms with Crippen LogP contribution in [0.25, 0.3) is 0 Å². The van der Waals surface area contributed by atoms with Gasteiger partial charge in [-0.1, -0.05) is 6.07 Å². The molecule has 1 aromatic carbocycles. The molecule has 4 nitrogen and oxygen atoms in total. The van der Waals surface area contributed by atoms with Gasteiger partial charge in [0.05, 0.1) is 23.2 Å². The number of nitrogen functional groups attached to an aromatic ring is 1. The summed E-state index contributed by atoms with van der Waals surface area (Å²) in [5.41, 5.74) is 11.0. The zero-order valence-electron chi connectivity index (χ0n) is 13.5. The maximum Gasteiger partial charge on any atom is 0.312 e. The molecule has 22 heavy (non-hydrogen) atoms. The lowest BCUT2D eigenvalue weighted by molar-refractivity contribution is -0.146. The minimum absolute atomic E-state index is 0.0917. The van der Waals surface area contributed by atoms with Gasteiger partial charge in [-0.2, -0.15) is 0 Å². The molecule has 0 aliphatic rings. The molecule has 0 saturated carbocycles. The highest BCUT2D eigenvalue weighted by molar-refractivity contribution is 7.09. The van der Waals surface area contributed by atoms with Crippen LogP contribution in [0.2, 0.25) is 0 Å². The summed E-state index contributed by atoms with van der Waals surface area (Å²) in [5, 5.41) is 2.93. The van der Waals surface area contributed by atoms with E-state index < -0.39 is 0 Å². The van der Waals surface area contributed by atoms with E-state index in [9.17, 15) is 4.79 Å². The number of nitrogens with zero attached hydrogens (tertiary/aromatic N) is 1. The zero-order chi connectivity index (χ0) is 16.3. The molecule has 0 radical (unpaired) electrons. The molecule has 0 atom stereocenters. The zero-order valence-corrected chi connectivity index (χ0v) is 14.3. The van der Waals surface area contributed by atoms with Gasteiger partial charge >= 0.3 is 5.97 Å². The summed E-state index contributed by atoms with van der Waals surface area (Å²) in [6, 6.07) is 4.11. The number of hydrogen-bond acceptors (Lipinski definition) is 5. The average Bonchev–Trinajstić information content (AvgIpc) is 2.82. The fraction of sp³-hybridized carbons (Fsp3) is 0.412. The molecule has 5 heteroatoms. The van der Waals surface area contributed by atoms with Crippen molar-refractivity contribution in [3.8, 4) is 0 Å². The molecular formula is C17H22N2O2S. The summed E-state index contributed by atoms with van der Waals surface area (Å²) in [6.07, 6.45) is 0.900. The van der Waals surface area contributed by atoms with Gasteiger partial charge in [-0.3, -0.25) is 4.79 Å². The number of ether oxygens (including phenoxy) is 1. The van der Waals surface area contributed by atoms with Crippen LogP contribution >= 0.6 is 11.3 Å². The Labute approximate surface area is 135 Å². The lowest BCUT2D eigenvalue weighted by atomic mass is 10.0. The fourth-order valence-corrected chi connectivity index (χ4v) is 3.03. The Morgan fingerprint density at radius 2 is 2.05 bits per heavy atom. The molecule has 1 aromatic heterocycles. The molecule has 2 N–H and O–H groups in total. The number of carbonyl (C=O) groups excluding carboxylic acids is 1. The molecular weight excluding hydrogens is 296 g/mol. The van der Waals surface area contributed by atoms with E-state index in [1.165, 1.54) is 11.1 Å². The van der Waals surface area contributed by atoms with Crippen molar-refractivity contribution < 1.29 is 9.53 Å². The second-order valence-corrected chi connectivity index (χ2v) is 6.70. The Bertz CT molecular complexity index is 677. The Morgan fingerprint density at radius 1 is 1.32 bits per heavy atom. The third kappa shape index (κ3) is 4.31. The second-order valence-electron chi connectivity index (χ2n) is 5.76. The van der Waals surface area contributed by atoms with Crippen LogP contribution < -0.4 is 5.73 Å². The topological polar surface area (TPSA) is 65.2 Å². The van der Waals surface area contributed by atoms with E-state index in [-0.39, 0.29) is 18.5 Å². The summed E-state index contributed by atoms with van der Waals surface area (Å²) in [5.74, 6) is -0.230. The number of aromatic nitrogens is 1. The molecule has 0 amide bonds. The smallest absolute Gasteiger partial charge is 0.312 e. The molecule has 0 aliphatic carbocycles. The van der Waals surface area contributed by atoms with E-state index in [4.69, 9.17) is 10.5 Å². The number of esters is 1. The predicted octanol–water partition coefficient (Wildman–Crippen LogP) is 3.43. The van der Waals surface area contributed by atoms with E-state index >= 15 is 0 Å². The van der Waals surface area contributed by atoms with Gasteiger partial charge in [-0.25, -0.2) is 4.98 Å². The van der Waals surface area contributed by atoms with E-state index in [0.29, 0.717) is 0 Å². The molecule has 0 aliphatic heterocycles. The van der Waals surface area contributed by atoms with Crippen LogP contribution in [0, 0.1) is 13.8 Å². The lowest BCUT2D eigenvalue weighted by Crippen LogP contribution is -2.13. The monoisotopic (exact) mass is 318 g/mol. The number of benzene rings is 1. The third-order valence-electron chi connectivity index (χ3n) is 3.36. The van der Waals surface area contributed by atoms with Crippen LogP contribution in [0.5, 0.6) is 0 Å². The number of aryl methyl sites for hydroxylation is 2. The minimum Gasteiger partial charge on any atom is -0.463 e. The van der Waals surface area contributed by atoms with Crippen molar-refractivity contribution in [3.63, 3.8) is 0 Å². The molecule has 2 rings (SSSR count). The van der Waals surface area contributed by atoms with Gasteiger partial charge in [0.15, 0.2) is 0 Å².